The highest BCUT2D eigenvalue weighted by molar-refractivity contribution is 6.37. The van der Waals surface area contributed by atoms with Gasteiger partial charge in [-0.15, -0.1) is 0 Å². The number of pyridine rings is 1. The zero-order valence-corrected chi connectivity index (χ0v) is 21.2. The lowest BCUT2D eigenvalue weighted by Crippen LogP contribution is -2.01. The van der Waals surface area contributed by atoms with E-state index in [2.05, 4.69) is 105 Å². The second kappa shape index (κ2) is 7.10. The molecule has 5 aromatic heterocycles. The Labute approximate surface area is 226 Å². The average Bonchev–Trinajstić information content (AvgIpc) is 3.65. The predicted molar refractivity (Wildman–Crippen MR) is 164 cm³/mol. The number of hydrogen-bond donors (Lipinski definition) is 0. The second-order valence-corrected chi connectivity index (χ2v) is 10.5. The normalized spacial score (nSPS) is 12.5. The van der Waals surface area contributed by atoms with Crippen LogP contribution in [-0.2, 0) is 0 Å². The van der Waals surface area contributed by atoms with Gasteiger partial charge in [0, 0.05) is 38.5 Å². The second-order valence-electron chi connectivity index (χ2n) is 10.5. The Morgan fingerprint density at radius 3 is 2.15 bits per heavy atom. The molecule has 0 aliphatic carbocycles. The summed E-state index contributed by atoms with van der Waals surface area (Å²) in [4.78, 5) is 14.4. The fourth-order valence-electron chi connectivity index (χ4n) is 6.94. The zero-order chi connectivity index (χ0) is 25.9. The van der Waals surface area contributed by atoms with Crippen LogP contribution in [0.25, 0.3) is 87.7 Å². The molecule has 10 rings (SSSR count). The Balaban J connectivity index is 1.56. The average molecular weight is 510 g/mol. The van der Waals surface area contributed by atoms with E-state index in [1.54, 1.807) is 6.20 Å². The standard InChI is InChI=1S/C35H19N5/c1-2-9-21-20(8-1)15-16-30-31(21)32-33-24(22-10-3-5-13-28(22)39(30)33)18-25-23-11-4-6-14-29(23)40(34(25)32)35-37-19-27-26(38-35)12-7-17-36-27/h1-19H. The molecule has 40 heavy (non-hydrogen) atoms. The van der Waals surface area contributed by atoms with E-state index in [4.69, 9.17) is 9.97 Å². The van der Waals surface area contributed by atoms with E-state index in [9.17, 15) is 0 Å². The van der Waals surface area contributed by atoms with Gasteiger partial charge in [0.2, 0.25) is 5.95 Å². The molecule has 184 valence electrons. The molecule has 0 saturated carbocycles. The number of aromatic nitrogens is 5. The van der Waals surface area contributed by atoms with Crippen molar-refractivity contribution in [1.82, 2.24) is 23.9 Å². The third kappa shape index (κ3) is 2.37. The number of nitrogens with zero attached hydrogens (tertiary/aromatic N) is 5. The molecule has 0 aliphatic heterocycles. The summed E-state index contributed by atoms with van der Waals surface area (Å²) in [7, 11) is 0. The number of rotatable bonds is 1. The predicted octanol–water partition coefficient (Wildman–Crippen LogP) is 8.43. The molecule has 5 heterocycles. The van der Waals surface area contributed by atoms with Crippen LogP contribution in [0, 0.1) is 0 Å². The number of fused-ring (bicyclic) bond motifs is 13. The fraction of sp³-hybridized carbons (Fsp3) is 0. The van der Waals surface area contributed by atoms with Crippen molar-refractivity contribution in [3.8, 4) is 5.95 Å². The molecule has 0 N–H and O–H groups in total. The topological polar surface area (TPSA) is 48.0 Å². The smallest absolute Gasteiger partial charge is 0.235 e. The van der Waals surface area contributed by atoms with Gasteiger partial charge in [0.1, 0.15) is 5.52 Å². The molecule has 0 amide bonds. The molecule has 0 aliphatic rings. The molecule has 0 fully saturated rings. The van der Waals surface area contributed by atoms with E-state index in [1.165, 1.54) is 59.6 Å². The lowest BCUT2D eigenvalue weighted by atomic mass is 10.00. The van der Waals surface area contributed by atoms with Gasteiger partial charge in [-0.05, 0) is 47.2 Å². The molecular formula is C35H19N5. The van der Waals surface area contributed by atoms with Gasteiger partial charge in [-0.1, -0.05) is 66.7 Å². The number of benzene rings is 5. The van der Waals surface area contributed by atoms with E-state index in [1.807, 2.05) is 18.3 Å². The Kier molecular flexibility index (Phi) is 3.62. The molecule has 0 unspecified atom stereocenters. The Morgan fingerprint density at radius 2 is 1.25 bits per heavy atom. The summed E-state index contributed by atoms with van der Waals surface area (Å²) in [6.07, 6.45) is 3.61. The summed E-state index contributed by atoms with van der Waals surface area (Å²) in [6, 6.07) is 36.9. The summed E-state index contributed by atoms with van der Waals surface area (Å²) >= 11 is 0. The molecule has 0 saturated heterocycles. The van der Waals surface area contributed by atoms with E-state index in [0.717, 1.165) is 22.1 Å². The van der Waals surface area contributed by atoms with Crippen LogP contribution in [0.4, 0.5) is 0 Å². The number of para-hydroxylation sites is 2. The SMILES string of the molecule is c1ccc2c(c1)ccc1c2c2c3c(cc4c5ccccc5n1c42)c1ccccc1n3-c1ncc2ncccc2n1. The summed E-state index contributed by atoms with van der Waals surface area (Å²) in [5.74, 6) is 0.652. The molecule has 5 aromatic carbocycles. The Morgan fingerprint density at radius 1 is 0.500 bits per heavy atom. The molecule has 0 radical (unpaired) electrons. The highest BCUT2D eigenvalue weighted by Gasteiger charge is 2.25. The minimum atomic E-state index is 0.652. The van der Waals surface area contributed by atoms with Gasteiger partial charge in [-0.25, -0.2) is 9.97 Å². The summed E-state index contributed by atoms with van der Waals surface area (Å²) in [5, 5.41) is 9.92. The van der Waals surface area contributed by atoms with Gasteiger partial charge in [-0.2, -0.15) is 0 Å². The van der Waals surface area contributed by atoms with E-state index in [-0.39, 0.29) is 0 Å². The number of hydrogen-bond acceptors (Lipinski definition) is 3. The van der Waals surface area contributed by atoms with Crippen LogP contribution in [0.15, 0.2) is 116 Å². The van der Waals surface area contributed by atoms with Crippen LogP contribution in [0.5, 0.6) is 0 Å². The molecule has 0 bridgehead atoms. The van der Waals surface area contributed by atoms with Gasteiger partial charge < -0.3 is 4.40 Å². The van der Waals surface area contributed by atoms with Crippen LogP contribution >= 0.6 is 0 Å². The van der Waals surface area contributed by atoms with Crippen LogP contribution in [0.1, 0.15) is 0 Å². The fourth-order valence-corrected chi connectivity index (χ4v) is 6.94. The maximum absolute atomic E-state index is 5.03. The van der Waals surface area contributed by atoms with E-state index in [0.29, 0.717) is 5.95 Å². The van der Waals surface area contributed by atoms with Crippen molar-refractivity contribution in [3.63, 3.8) is 0 Å². The van der Waals surface area contributed by atoms with Crippen molar-refractivity contribution in [3.05, 3.63) is 116 Å². The largest absolute Gasteiger partial charge is 0.308 e. The maximum Gasteiger partial charge on any atom is 0.235 e. The first-order valence-electron chi connectivity index (χ1n) is 13.5. The molecule has 5 nitrogen and oxygen atoms in total. The highest BCUT2D eigenvalue weighted by Crippen LogP contribution is 2.47. The van der Waals surface area contributed by atoms with Crippen LogP contribution in [0.2, 0.25) is 0 Å². The summed E-state index contributed by atoms with van der Waals surface area (Å²) < 4.78 is 4.71. The van der Waals surface area contributed by atoms with Crippen LogP contribution in [0.3, 0.4) is 0 Å². The van der Waals surface area contributed by atoms with Crippen LogP contribution in [-0.4, -0.2) is 23.9 Å². The van der Waals surface area contributed by atoms with E-state index < -0.39 is 0 Å². The summed E-state index contributed by atoms with van der Waals surface area (Å²) in [6.45, 7) is 0. The first kappa shape index (κ1) is 20.4. The third-order valence-corrected chi connectivity index (χ3v) is 8.53. The lowest BCUT2D eigenvalue weighted by molar-refractivity contribution is 1.01. The van der Waals surface area contributed by atoms with Crippen molar-refractivity contribution >= 4 is 81.7 Å². The first-order chi connectivity index (χ1) is 19.9. The minimum absolute atomic E-state index is 0.652. The zero-order valence-electron chi connectivity index (χ0n) is 21.2. The molecule has 0 spiro atoms. The summed E-state index contributed by atoms with van der Waals surface area (Å²) in [5.41, 5.74) is 7.53. The quantitative estimate of drug-likeness (QED) is 0.223. The van der Waals surface area contributed by atoms with Gasteiger partial charge in [0.25, 0.3) is 0 Å². The molecular weight excluding hydrogens is 490 g/mol. The van der Waals surface area contributed by atoms with Crippen molar-refractivity contribution in [1.29, 1.82) is 0 Å². The maximum atomic E-state index is 5.03. The van der Waals surface area contributed by atoms with Gasteiger partial charge in [-0.3, -0.25) is 9.55 Å². The molecule has 5 heteroatoms. The molecule has 0 atom stereocenters. The molecule has 10 aromatic rings. The van der Waals surface area contributed by atoms with Gasteiger partial charge >= 0.3 is 0 Å². The van der Waals surface area contributed by atoms with E-state index >= 15 is 0 Å². The highest BCUT2D eigenvalue weighted by atomic mass is 15.2. The Bertz CT molecular complexity index is 2660. The van der Waals surface area contributed by atoms with Crippen LogP contribution < -0.4 is 0 Å². The minimum Gasteiger partial charge on any atom is -0.308 e. The van der Waals surface area contributed by atoms with Crippen molar-refractivity contribution in [2.75, 3.05) is 0 Å². The van der Waals surface area contributed by atoms with Crippen molar-refractivity contribution in [2.45, 2.75) is 0 Å². The first-order valence-corrected chi connectivity index (χ1v) is 13.5. The van der Waals surface area contributed by atoms with Crippen molar-refractivity contribution in [2.24, 2.45) is 0 Å². The monoisotopic (exact) mass is 509 g/mol. The Hall–Kier alpha value is -5.55. The van der Waals surface area contributed by atoms with Crippen molar-refractivity contribution < 1.29 is 0 Å². The third-order valence-electron chi connectivity index (χ3n) is 8.53. The van der Waals surface area contributed by atoms with Gasteiger partial charge in [0.05, 0.1) is 39.3 Å². The van der Waals surface area contributed by atoms with Gasteiger partial charge in [0.15, 0.2) is 0 Å². The lowest BCUT2D eigenvalue weighted by Gasteiger charge is -2.09.